The number of halogens is 1. The summed E-state index contributed by atoms with van der Waals surface area (Å²) in [6.07, 6.45) is 0. The average molecular weight is 299 g/mol. The minimum atomic E-state index is -1.11. The smallest absolute Gasteiger partial charge is 0.339 e. The quantitative estimate of drug-likeness (QED) is 0.845. The maximum atomic E-state index is 11.8. The molecule has 6 heteroatoms. The number of carboxylic acids is 1. The van der Waals surface area contributed by atoms with E-state index in [1.165, 1.54) is 6.07 Å². The van der Waals surface area contributed by atoms with Crippen molar-refractivity contribution in [2.45, 2.75) is 13.8 Å². The van der Waals surface area contributed by atoms with Gasteiger partial charge >= 0.3 is 5.97 Å². The zero-order chi connectivity index (χ0) is 15.3. The number of carboxylic acid groups (broad SMARTS) is 1. The second-order valence-corrected chi connectivity index (χ2v) is 5.40. The van der Waals surface area contributed by atoms with Crippen molar-refractivity contribution in [2.24, 2.45) is 5.92 Å². The van der Waals surface area contributed by atoms with Crippen molar-refractivity contribution in [3.8, 4) is 0 Å². The molecule has 0 atom stereocenters. The van der Waals surface area contributed by atoms with Gasteiger partial charge in [0.25, 0.3) is 0 Å². The molecule has 0 fully saturated rings. The van der Waals surface area contributed by atoms with Crippen molar-refractivity contribution < 1.29 is 14.7 Å². The number of hydrogen-bond donors (Lipinski definition) is 2. The lowest BCUT2D eigenvalue weighted by Gasteiger charge is -2.21. The first-order chi connectivity index (χ1) is 9.32. The average Bonchev–Trinajstić information content (AvgIpc) is 2.35. The number of likely N-dealkylation sites (N-methyl/N-ethyl adjacent to an activating group) is 1. The summed E-state index contributed by atoms with van der Waals surface area (Å²) in [5.74, 6) is -0.900. The summed E-state index contributed by atoms with van der Waals surface area (Å²) in [5.41, 5.74) is 0.429. The first-order valence-electron chi connectivity index (χ1n) is 6.32. The molecule has 0 spiro atoms. The Morgan fingerprint density at radius 2 is 2.05 bits per heavy atom. The third-order valence-electron chi connectivity index (χ3n) is 2.70. The highest BCUT2D eigenvalue weighted by molar-refractivity contribution is 6.34. The molecular weight excluding hydrogens is 280 g/mol. The molecule has 0 saturated carbocycles. The molecule has 0 aliphatic heterocycles. The summed E-state index contributed by atoms with van der Waals surface area (Å²) >= 11 is 5.90. The van der Waals surface area contributed by atoms with E-state index >= 15 is 0 Å². The Morgan fingerprint density at radius 3 is 2.60 bits per heavy atom. The third kappa shape index (κ3) is 4.42. The second-order valence-electron chi connectivity index (χ2n) is 4.99. The van der Waals surface area contributed by atoms with E-state index in [0.29, 0.717) is 18.2 Å². The van der Waals surface area contributed by atoms with Gasteiger partial charge in [-0.25, -0.2) is 4.79 Å². The van der Waals surface area contributed by atoms with Gasteiger partial charge in [0.05, 0.1) is 17.3 Å². The van der Waals surface area contributed by atoms with Gasteiger partial charge in [0.15, 0.2) is 0 Å². The molecule has 0 aliphatic rings. The van der Waals surface area contributed by atoms with Gasteiger partial charge in [0, 0.05) is 13.6 Å². The van der Waals surface area contributed by atoms with Gasteiger partial charge in [-0.1, -0.05) is 31.5 Å². The van der Waals surface area contributed by atoms with Gasteiger partial charge in [0.2, 0.25) is 5.91 Å². The molecule has 1 aromatic carbocycles. The highest BCUT2D eigenvalue weighted by atomic mass is 35.5. The van der Waals surface area contributed by atoms with Crippen LogP contribution in [0.15, 0.2) is 18.2 Å². The molecule has 20 heavy (non-hydrogen) atoms. The number of carbonyl (C=O) groups is 2. The summed E-state index contributed by atoms with van der Waals surface area (Å²) in [5, 5.41) is 12.1. The van der Waals surface area contributed by atoms with Crippen LogP contribution in [0.2, 0.25) is 5.02 Å². The second kappa shape index (κ2) is 7.14. The normalized spacial score (nSPS) is 10.4. The van der Waals surface area contributed by atoms with E-state index in [-0.39, 0.29) is 23.0 Å². The fraction of sp³-hybridized carbons (Fsp3) is 0.429. The Balaban J connectivity index is 2.82. The molecule has 1 amide bonds. The lowest BCUT2D eigenvalue weighted by molar-refractivity contribution is -0.119. The zero-order valence-corrected chi connectivity index (χ0v) is 12.6. The number of carbonyl (C=O) groups excluding carboxylic acids is 1. The van der Waals surface area contributed by atoms with E-state index in [0.717, 1.165) is 0 Å². The molecule has 110 valence electrons. The summed E-state index contributed by atoms with van der Waals surface area (Å²) in [7, 11) is 1.66. The van der Waals surface area contributed by atoms with Crippen LogP contribution in [0.4, 0.5) is 5.69 Å². The molecule has 2 N–H and O–H groups in total. The van der Waals surface area contributed by atoms with Crippen LogP contribution >= 0.6 is 11.6 Å². The number of nitrogens with one attached hydrogen (secondary N) is 1. The maximum absolute atomic E-state index is 11.8. The van der Waals surface area contributed by atoms with Crippen LogP contribution in [0, 0.1) is 5.92 Å². The topological polar surface area (TPSA) is 69.6 Å². The van der Waals surface area contributed by atoms with E-state index in [9.17, 15) is 14.7 Å². The molecule has 0 aliphatic carbocycles. The Hall–Kier alpha value is -1.75. The minimum absolute atomic E-state index is 0.00771. The number of rotatable bonds is 6. The summed E-state index contributed by atoms with van der Waals surface area (Å²) in [6, 6.07) is 4.80. The summed E-state index contributed by atoms with van der Waals surface area (Å²) < 4.78 is 0. The molecule has 1 aromatic rings. The van der Waals surface area contributed by atoms with E-state index in [1.54, 1.807) is 24.1 Å². The summed E-state index contributed by atoms with van der Waals surface area (Å²) in [4.78, 5) is 24.6. The monoisotopic (exact) mass is 298 g/mol. The molecule has 0 bridgehead atoms. The third-order valence-corrected chi connectivity index (χ3v) is 3.02. The maximum Gasteiger partial charge on any atom is 0.339 e. The number of anilines is 1. The number of hydrogen-bond acceptors (Lipinski definition) is 3. The van der Waals surface area contributed by atoms with Crippen LogP contribution < -0.4 is 10.2 Å². The highest BCUT2D eigenvalue weighted by Crippen LogP contribution is 2.26. The fourth-order valence-electron chi connectivity index (χ4n) is 1.72. The molecule has 1 rings (SSSR count). The largest absolute Gasteiger partial charge is 0.478 e. The zero-order valence-electron chi connectivity index (χ0n) is 11.8. The number of benzene rings is 1. The Bertz CT molecular complexity index is 503. The van der Waals surface area contributed by atoms with Gasteiger partial charge in [-0.3, -0.25) is 4.79 Å². The molecule has 0 unspecified atom stereocenters. The fourth-order valence-corrected chi connectivity index (χ4v) is 1.97. The van der Waals surface area contributed by atoms with Gasteiger partial charge in [0.1, 0.15) is 5.56 Å². The minimum Gasteiger partial charge on any atom is -0.478 e. The van der Waals surface area contributed by atoms with E-state index in [1.807, 2.05) is 13.8 Å². The van der Waals surface area contributed by atoms with Crippen LogP contribution in [0.1, 0.15) is 24.2 Å². The van der Waals surface area contributed by atoms with Gasteiger partial charge in [-0.2, -0.15) is 0 Å². The van der Waals surface area contributed by atoms with Crippen LogP contribution in [-0.4, -0.2) is 37.1 Å². The van der Waals surface area contributed by atoms with Crippen molar-refractivity contribution in [3.05, 3.63) is 28.8 Å². The van der Waals surface area contributed by atoms with Crippen LogP contribution in [0.25, 0.3) is 0 Å². The molecule has 0 saturated heterocycles. The predicted molar refractivity (Wildman–Crippen MR) is 79.5 cm³/mol. The van der Waals surface area contributed by atoms with E-state index < -0.39 is 5.97 Å². The standard InChI is InChI=1S/C14H19ClN2O3/c1-9(2)7-16-12(18)8-17(3)11-6-4-5-10(15)13(11)14(19)20/h4-6,9H,7-8H2,1-3H3,(H,16,18)(H,19,20). The van der Waals surface area contributed by atoms with Crippen molar-refractivity contribution in [1.82, 2.24) is 5.32 Å². The van der Waals surface area contributed by atoms with Crippen LogP contribution in [-0.2, 0) is 4.79 Å². The SMILES string of the molecule is CC(C)CNC(=O)CN(C)c1cccc(Cl)c1C(=O)O. The van der Waals surface area contributed by atoms with E-state index in [4.69, 9.17) is 11.6 Å². The van der Waals surface area contributed by atoms with Crippen molar-refractivity contribution >= 4 is 29.2 Å². The number of amides is 1. The van der Waals surface area contributed by atoms with Gasteiger partial charge < -0.3 is 15.3 Å². The molecule has 0 aromatic heterocycles. The predicted octanol–water partition coefficient (Wildman–Crippen LogP) is 2.25. The number of nitrogens with zero attached hydrogens (tertiary/aromatic N) is 1. The Kier molecular flexibility index (Phi) is 5.82. The highest BCUT2D eigenvalue weighted by Gasteiger charge is 2.18. The first-order valence-corrected chi connectivity index (χ1v) is 6.70. The van der Waals surface area contributed by atoms with Crippen LogP contribution in [0.3, 0.4) is 0 Å². The van der Waals surface area contributed by atoms with Gasteiger partial charge in [-0.15, -0.1) is 0 Å². The molecule has 0 heterocycles. The lowest BCUT2D eigenvalue weighted by Crippen LogP contribution is -2.37. The Labute approximate surface area is 123 Å². The Morgan fingerprint density at radius 1 is 1.40 bits per heavy atom. The van der Waals surface area contributed by atoms with Crippen molar-refractivity contribution in [1.29, 1.82) is 0 Å². The first kappa shape index (κ1) is 16.3. The van der Waals surface area contributed by atoms with Gasteiger partial charge in [-0.05, 0) is 18.1 Å². The van der Waals surface area contributed by atoms with Crippen molar-refractivity contribution in [3.63, 3.8) is 0 Å². The van der Waals surface area contributed by atoms with E-state index in [2.05, 4.69) is 5.32 Å². The van der Waals surface area contributed by atoms with Crippen LogP contribution in [0.5, 0.6) is 0 Å². The number of aromatic carboxylic acids is 1. The lowest BCUT2D eigenvalue weighted by atomic mass is 10.1. The summed E-state index contributed by atoms with van der Waals surface area (Å²) in [6.45, 7) is 4.67. The molecular formula is C14H19ClN2O3. The molecule has 0 radical (unpaired) electrons. The van der Waals surface area contributed by atoms with Crippen molar-refractivity contribution in [2.75, 3.05) is 25.0 Å². The molecule has 5 nitrogen and oxygen atoms in total.